The fourth-order valence-corrected chi connectivity index (χ4v) is 0.853. The SMILES string of the molecule is CC(O)CCCC(C)CO. The second-order valence-corrected chi connectivity index (χ2v) is 3.07. The van der Waals surface area contributed by atoms with Crippen molar-refractivity contribution in [3.63, 3.8) is 0 Å². The first kappa shape index (κ1) is 9.92. The van der Waals surface area contributed by atoms with Gasteiger partial charge in [-0.3, -0.25) is 0 Å². The molecule has 0 rings (SSSR count). The fraction of sp³-hybridized carbons (Fsp3) is 1.00. The van der Waals surface area contributed by atoms with E-state index in [1.807, 2.05) is 6.92 Å². The number of rotatable bonds is 5. The van der Waals surface area contributed by atoms with E-state index in [1.54, 1.807) is 6.92 Å². The Morgan fingerprint density at radius 2 is 1.80 bits per heavy atom. The first-order chi connectivity index (χ1) is 4.66. The van der Waals surface area contributed by atoms with Crippen LogP contribution >= 0.6 is 0 Å². The molecule has 0 bridgehead atoms. The Kier molecular flexibility index (Phi) is 5.64. The summed E-state index contributed by atoms with van der Waals surface area (Å²) in [5.41, 5.74) is 0. The number of hydrogen-bond acceptors (Lipinski definition) is 2. The van der Waals surface area contributed by atoms with Gasteiger partial charge in [0.25, 0.3) is 0 Å². The van der Waals surface area contributed by atoms with Crippen molar-refractivity contribution >= 4 is 0 Å². The smallest absolute Gasteiger partial charge is 0.0512 e. The third-order valence-electron chi connectivity index (χ3n) is 1.63. The zero-order valence-electron chi connectivity index (χ0n) is 6.88. The molecule has 2 atom stereocenters. The summed E-state index contributed by atoms with van der Waals surface area (Å²) in [6, 6.07) is 0. The summed E-state index contributed by atoms with van der Waals surface area (Å²) >= 11 is 0. The van der Waals surface area contributed by atoms with Crippen molar-refractivity contribution in [3.8, 4) is 0 Å². The highest BCUT2D eigenvalue weighted by Gasteiger charge is 2.00. The zero-order valence-corrected chi connectivity index (χ0v) is 6.88. The van der Waals surface area contributed by atoms with Crippen LogP contribution in [-0.4, -0.2) is 22.9 Å². The van der Waals surface area contributed by atoms with Gasteiger partial charge in [0.1, 0.15) is 0 Å². The predicted molar refractivity (Wildman–Crippen MR) is 41.8 cm³/mol. The van der Waals surface area contributed by atoms with Crippen molar-refractivity contribution in [2.24, 2.45) is 5.92 Å². The van der Waals surface area contributed by atoms with Crippen molar-refractivity contribution < 1.29 is 10.2 Å². The van der Waals surface area contributed by atoms with E-state index in [-0.39, 0.29) is 12.7 Å². The minimum atomic E-state index is -0.189. The molecule has 0 aromatic heterocycles. The molecule has 0 amide bonds. The quantitative estimate of drug-likeness (QED) is 0.611. The highest BCUT2D eigenvalue weighted by Crippen LogP contribution is 2.07. The molecule has 2 heteroatoms. The molecule has 10 heavy (non-hydrogen) atoms. The van der Waals surface area contributed by atoms with E-state index in [0.29, 0.717) is 5.92 Å². The first-order valence-electron chi connectivity index (χ1n) is 3.95. The van der Waals surface area contributed by atoms with Crippen LogP contribution in [0.4, 0.5) is 0 Å². The van der Waals surface area contributed by atoms with Crippen LogP contribution in [0.2, 0.25) is 0 Å². The molecule has 2 nitrogen and oxygen atoms in total. The Balaban J connectivity index is 3.03. The Bertz CT molecular complexity index is 71.7. The highest BCUT2D eigenvalue weighted by atomic mass is 16.3. The summed E-state index contributed by atoms with van der Waals surface area (Å²) in [5.74, 6) is 0.388. The molecule has 0 saturated heterocycles. The fourth-order valence-electron chi connectivity index (χ4n) is 0.853. The van der Waals surface area contributed by atoms with Crippen molar-refractivity contribution in [3.05, 3.63) is 0 Å². The van der Waals surface area contributed by atoms with Crippen LogP contribution in [0.1, 0.15) is 33.1 Å². The maximum Gasteiger partial charge on any atom is 0.0512 e. The third-order valence-corrected chi connectivity index (χ3v) is 1.63. The molecular formula is C8H18O2. The molecule has 0 aliphatic rings. The number of hydrogen-bond donors (Lipinski definition) is 2. The molecule has 0 fully saturated rings. The lowest BCUT2D eigenvalue weighted by Gasteiger charge is -2.07. The molecular weight excluding hydrogens is 128 g/mol. The van der Waals surface area contributed by atoms with Gasteiger partial charge in [-0.1, -0.05) is 13.3 Å². The largest absolute Gasteiger partial charge is 0.396 e. The lowest BCUT2D eigenvalue weighted by atomic mass is 10.0. The van der Waals surface area contributed by atoms with Crippen LogP contribution in [-0.2, 0) is 0 Å². The van der Waals surface area contributed by atoms with Gasteiger partial charge in [0, 0.05) is 6.61 Å². The van der Waals surface area contributed by atoms with Gasteiger partial charge in [0.05, 0.1) is 6.10 Å². The van der Waals surface area contributed by atoms with Crippen molar-refractivity contribution in [1.29, 1.82) is 0 Å². The monoisotopic (exact) mass is 146 g/mol. The Morgan fingerprint density at radius 3 is 2.20 bits per heavy atom. The van der Waals surface area contributed by atoms with E-state index in [4.69, 9.17) is 10.2 Å². The van der Waals surface area contributed by atoms with E-state index in [1.165, 1.54) is 0 Å². The molecule has 0 saturated carbocycles. The minimum Gasteiger partial charge on any atom is -0.396 e. The average molecular weight is 146 g/mol. The van der Waals surface area contributed by atoms with E-state index >= 15 is 0 Å². The summed E-state index contributed by atoms with van der Waals surface area (Å²) in [7, 11) is 0. The molecule has 0 aromatic carbocycles. The molecule has 0 aliphatic heterocycles. The Labute approximate surface area is 62.9 Å². The maximum atomic E-state index is 8.88. The molecule has 0 spiro atoms. The van der Waals surface area contributed by atoms with Gasteiger partial charge in [0.15, 0.2) is 0 Å². The first-order valence-corrected chi connectivity index (χ1v) is 3.95. The van der Waals surface area contributed by atoms with Crippen LogP contribution in [0.25, 0.3) is 0 Å². The van der Waals surface area contributed by atoms with E-state index in [2.05, 4.69) is 0 Å². The second-order valence-electron chi connectivity index (χ2n) is 3.07. The van der Waals surface area contributed by atoms with Gasteiger partial charge in [-0.25, -0.2) is 0 Å². The van der Waals surface area contributed by atoms with Gasteiger partial charge in [-0.05, 0) is 25.7 Å². The van der Waals surface area contributed by atoms with Gasteiger partial charge in [-0.15, -0.1) is 0 Å². The van der Waals surface area contributed by atoms with Gasteiger partial charge in [-0.2, -0.15) is 0 Å². The van der Waals surface area contributed by atoms with Gasteiger partial charge in [0.2, 0.25) is 0 Å². The average Bonchev–Trinajstić information content (AvgIpc) is 1.87. The summed E-state index contributed by atoms with van der Waals surface area (Å²) in [6.45, 7) is 4.07. The Morgan fingerprint density at radius 1 is 1.20 bits per heavy atom. The summed E-state index contributed by atoms with van der Waals surface area (Å²) < 4.78 is 0. The summed E-state index contributed by atoms with van der Waals surface area (Å²) in [4.78, 5) is 0. The lowest BCUT2D eigenvalue weighted by molar-refractivity contribution is 0.171. The van der Waals surface area contributed by atoms with Crippen LogP contribution in [0.15, 0.2) is 0 Å². The van der Waals surface area contributed by atoms with Crippen LogP contribution in [0.5, 0.6) is 0 Å². The van der Waals surface area contributed by atoms with Crippen LogP contribution < -0.4 is 0 Å². The molecule has 0 aromatic rings. The van der Waals surface area contributed by atoms with E-state index in [0.717, 1.165) is 19.3 Å². The molecule has 0 radical (unpaired) electrons. The third kappa shape index (κ3) is 6.05. The lowest BCUT2D eigenvalue weighted by Crippen LogP contribution is -2.04. The van der Waals surface area contributed by atoms with Crippen molar-refractivity contribution in [1.82, 2.24) is 0 Å². The number of aliphatic hydroxyl groups is 2. The maximum absolute atomic E-state index is 8.88. The summed E-state index contributed by atoms with van der Waals surface area (Å²) in [5, 5.41) is 17.5. The normalized spacial score (nSPS) is 16.8. The van der Waals surface area contributed by atoms with Gasteiger partial charge >= 0.3 is 0 Å². The summed E-state index contributed by atoms with van der Waals surface area (Å²) in [6.07, 6.45) is 2.69. The highest BCUT2D eigenvalue weighted by molar-refractivity contribution is 4.53. The topological polar surface area (TPSA) is 40.5 Å². The molecule has 2 unspecified atom stereocenters. The molecule has 0 aliphatic carbocycles. The molecule has 2 N–H and O–H groups in total. The number of aliphatic hydroxyl groups excluding tert-OH is 2. The molecule has 62 valence electrons. The van der Waals surface area contributed by atoms with Crippen molar-refractivity contribution in [2.75, 3.05) is 6.61 Å². The zero-order chi connectivity index (χ0) is 7.98. The van der Waals surface area contributed by atoms with E-state index in [9.17, 15) is 0 Å². The van der Waals surface area contributed by atoms with Crippen LogP contribution in [0.3, 0.4) is 0 Å². The Hall–Kier alpha value is -0.0800. The van der Waals surface area contributed by atoms with E-state index < -0.39 is 0 Å². The van der Waals surface area contributed by atoms with Crippen LogP contribution in [0, 0.1) is 5.92 Å². The second kappa shape index (κ2) is 5.69. The predicted octanol–water partition coefficient (Wildman–Crippen LogP) is 1.17. The minimum absolute atomic E-state index is 0.189. The van der Waals surface area contributed by atoms with Gasteiger partial charge < -0.3 is 10.2 Å². The van der Waals surface area contributed by atoms with Crippen molar-refractivity contribution in [2.45, 2.75) is 39.2 Å². The standard InChI is InChI=1S/C8H18O2/c1-7(6-9)4-3-5-8(2)10/h7-10H,3-6H2,1-2H3. The molecule has 0 heterocycles.